The van der Waals surface area contributed by atoms with Crippen molar-refractivity contribution in [2.75, 3.05) is 13.1 Å². The molecule has 0 aliphatic rings. The fourth-order valence-corrected chi connectivity index (χ4v) is 4.59. The second-order valence-electron chi connectivity index (χ2n) is 6.94. The molecule has 0 saturated carbocycles. The largest absolute Gasteiger partial charge is 0.457 e. The van der Waals surface area contributed by atoms with E-state index in [0.717, 1.165) is 11.1 Å². The highest BCUT2D eigenvalue weighted by Crippen LogP contribution is 2.19. The van der Waals surface area contributed by atoms with Crippen molar-refractivity contribution in [2.45, 2.75) is 38.2 Å². The van der Waals surface area contributed by atoms with Gasteiger partial charge in [-0.2, -0.15) is 4.31 Å². The number of hydrogen-bond donors (Lipinski definition) is 0. The lowest BCUT2D eigenvalue weighted by molar-refractivity contribution is -0.145. The van der Waals surface area contributed by atoms with Gasteiger partial charge in [-0.1, -0.05) is 61.5 Å². The molecule has 0 saturated heterocycles. The minimum absolute atomic E-state index is 0.0136. The third-order valence-electron chi connectivity index (χ3n) is 4.89. The van der Waals surface area contributed by atoms with E-state index in [2.05, 4.69) is 5.16 Å². The van der Waals surface area contributed by atoms with Crippen LogP contribution in [0.1, 0.15) is 31.6 Å². The van der Waals surface area contributed by atoms with E-state index < -0.39 is 10.0 Å². The molecule has 1 aromatic heterocycles. The fraction of sp³-hybridized carbons (Fsp3) is 0.304. The molecule has 3 rings (SSSR count). The van der Waals surface area contributed by atoms with Gasteiger partial charge in [0.2, 0.25) is 10.0 Å². The summed E-state index contributed by atoms with van der Waals surface area (Å²) in [6, 6.07) is 17.9. The number of carbonyl (C=O) groups is 1. The van der Waals surface area contributed by atoms with Crippen molar-refractivity contribution in [2.24, 2.45) is 0 Å². The maximum Gasteiger partial charge on any atom is 0.306 e. The SMILES string of the molecule is CCN(CC)S(=O)(=O)c1ccc(CCC(=O)OCc2cc(-c3ccccc3)no2)cc1. The molecule has 0 N–H and O–H groups in total. The molecule has 31 heavy (non-hydrogen) atoms. The predicted octanol–water partition coefficient (Wildman–Crippen LogP) is 4.05. The zero-order valence-electron chi connectivity index (χ0n) is 17.7. The van der Waals surface area contributed by atoms with Gasteiger partial charge in [0.25, 0.3) is 0 Å². The Morgan fingerprint density at radius 3 is 2.35 bits per heavy atom. The highest BCUT2D eigenvalue weighted by molar-refractivity contribution is 7.89. The monoisotopic (exact) mass is 442 g/mol. The summed E-state index contributed by atoms with van der Waals surface area (Å²) in [4.78, 5) is 12.3. The number of aryl methyl sites for hydroxylation is 1. The van der Waals surface area contributed by atoms with Gasteiger partial charge in [0.15, 0.2) is 12.4 Å². The Morgan fingerprint density at radius 2 is 1.71 bits per heavy atom. The van der Waals surface area contributed by atoms with Crippen LogP contribution >= 0.6 is 0 Å². The highest BCUT2D eigenvalue weighted by atomic mass is 32.2. The zero-order valence-corrected chi connectivity index (χ0v) is 18.5. The molecule has 2 aromatic carbocycles. The van der Waals surface area contributed by atoms with Gasteiger partial charge in [-0.05, 0) is 24.1 Å². The highest BCUT2D eigenvalue weighted by Gasteiger charge is 2.21. The molecule has 0 spiro atoms. The number of nitrogens with zero attached hydrogens (tertiary/aromatic N) is 2. The Bertz CT molecular complexity index is 1090. The Balaban J connectivity index is 1.49. The van der Waals surface area contributed by atoms with E-state index in [1.807, 2.05) is 44.2 Å². The van der Waals surface area contributed by atoms with E-state index in [0.29, 0.717) is 31.0 Å². The summed E-state index contributed by atoms with van der Waals surface area (Å²) in [6.45, 7) is 4.47. The molecule has 0 amide bonds. The molecule has 8 heteroatoms. The van der Waals surface area contributed by atoms with E-state index in [1.165, 1.54) is 4.31 Å². The maximum atomic E-state index is 12.5. The van der Waals surface area contributed by atoms with Crippen molar-refractivity contribution in [1.82, 2.24) is 9.46 Å². The van der Waals surface area contributed by atoms with Crippen LogP contribution in [0.15, 0.2) is 70.1 Å². The summed E-state index contributed by atoms with van der Waals surface area (Å²) in [5.41, 5.74) is 2.48. The molecule has 0 bridgehead atoms. The maximum absolute atomic E-state index is 12.5. The first-order chi connectivity index (χ1) is 14.9. The molecule has 0 atom stereocenters. The summed E-state index contributed by atoms with van der Waals surface area (Å²) in [7, 11) is -3.48. The van der Waals surface area contributed by atoms with Crippen LogP contribution in [0.25, 0.3) is 11.3 Å². The van der Waals surface area contributed by atoms with E-state index in [9.17, 15) is 13.2 Å². The Kier molecular flexibility index (Phi) is 7.59. The van der Waals surface area contributed by atoms with Crippen molar-refractivity contribution in [3.05, 3.63) is 72.0 Å². The van der Waals surface area contributed by atoms with Crippen LogP contribution in [0.2, 0.25) is 0 Å². The molecular formula is C23H26N2O5S. The standard InChI is InChI=1S/C23H26N2O5S/c1-3-25(4-2)31(27,28)21-13-10-18(11-14-21)12-15-23(26)29-17-20-16-22(24-30-20)19-8-6-5-7-9-19/h5-11,13-14,16H,3-4,12,15,17H2,1-2H3. The number of ether oxygens (including phenoxy) is 1. The molecule has 0 aliphatic carbocycles. The average molecular weight is 443 g/mol. The number of aromatic nitrogens is 1. The van der Waals surface area contributed by atoms with Crippen LogP contribution in [-0.4, -0.2) is 36.9 Å². The van der Waals surface area contributed by atoms with Gasteiger partial charge in [0.05, 0.1) is 4.90 Å². The molecule has 7 nitrogen and oxygen atoms in total. The summed E-state index contributed by atoms with van der Waals surface area (Å²) in [5.74, 6) is 0.107. The minimum Gasteiger partial charge on any atom is -0.457 e. The number of carbonyl (C=O) groups excluding carboxylic acids is 1. The number of sulfonamides is 1. The van der Waals surface area contributed by atoms with Crippen LogP contribution in [0.4, 0.5) is 0 Å². The molecule has 0 fully saturated rings. The van der Waals surface area contributed by atoms with Gasteiger partial charge in [-0.15, -0.1) is 0 Å². The lowest BCUT2D eigenvalue weighted by Crippen LogP contribution is -2.30. The fourth-order valence-electron chi connectivity index (χ4n) is 3.14. The Morgan fingerprint density at radius 1 is 1.03 bits per heavy atom. The van der Waals surface area contributed by atoms with Crippen LogP contribution < -0.4 is 0 Å². The second-order valence-corrected chi connectivity index (χ2v) is 8.88. The van der Waals surface area contributed by atoms with E-state index in [4.69, 9.17) is 9.26 Å². The quantitative estimate of drug-likeness (QED) is 0.440. The lowest BCUT2D eigenvalue weighted by atomic mass is 10.1. The summed E-state index contributed by atoms with van der Waals surface area (Å²) in [5, 5.41) is 3.99. The Labute approximate surface area is 182 Å². The lowest BCUT2D eigenvalue weighted by Gasteiger charge is -2.18. The van der Waals surface area contributed by atoms with Crippen LogP contribution in [0.3, 0.4) is 0 Å². The molecule has 0 unspecified atom stereocenters. The molecule has 3 aromatic rings. The van der Waals surface area contributed by atoms with Gasteiger partial charge in [-0.3, -0.25) is 4.79 Å². The number of hydrogen-bond acceptors (Lipinski definition) is 6. The molecule has 1 heterocycles. The first-order valence-corrected chi connectivity index (χ1v) is 11.6. The van der Waals surface area contributed by atoms with Gasteiger partial charge in [0.1, 0.15) is 5.69 Å². The zero-order chi connectivity index (χ0) is 22.3. The summed E-state index contributed by atoms with van der Waals surface area (Å²) in [6.07, 6.45) is 0.637. The van der Waals surface area contributed by atoms with E-state index >= 15 is 0 Å². The topological polar surface area (TPSA) is 89.7 Å². The van der Waals surface area contributed by atoms with Gasteiger partial charge < -0.3 is 9.26 Å². The van der Waals surface area contributed by atoms with Crippen molar-refractivity contribution >= 4 is 16.0 Å². The number of rotatable bonds is 10. The van der Waals surface area contributed by atoms with Gasteiger partial charge in [0, 0.05) is 31.1 Å². The molecule has 0 aliphatic heterocycles. The van der Waals surface area contributed by atoms with E-state index in [-0.39, 0.29) is 23.9 Å². The third-order valence-corrected chi connectivity index (χ3v) is 6.95. The molecular weight excluding hydrogens is 416 g/mol. The van der Waals surface area contributed by atoms with Crippen LogP contribution in [0.5, 0.6) is 0 Å². The second kappa shape index (κ2) is 10.4. The smallest absolute Gasteiger partial charge is 0.306 e. The first-order valence-electron chi connectivity index (χ1n) is 10.2. The predicted molar refractivity (Wildman–Crippen MR) is 117 cm³/mol. The molecule has 0 radical (unpaired) electrons. The van der Waals surface area contributed by atoms with Crippen LogP contribution in [0, 0.1) is 0 Å². The number of benzene rings is 2. The first kappa shape index (κ1) is 22.7. The molecule has 164 valence electrons. The average Bonchev–Trinajstić information content (AvgIpc) is 3.27. The van der Waals surface area contributed by atoms with Crippen molar-refractivity contribution in [3.8, 4) is 11.3 Å². The van der Waals surface area contributed by atoms with Crippen molar-refractivity contribution in [3.63, 3.8) is 0 Å². The van der Waals surface area contributed by atoms with Crippen LogP contribution in [-0.2, 0) is 32.6 Å². The van der Waals surface area contributed by atoms with Gasteiger partial charge >= 0.3 is 5.97 Å². The summed E-state index contributed by atoms with van der Waals surface area (Å²) >= 11 is 0. The number of esters is 1. The normalized spacial score (nSPS) is 11.6. The van der Waals surface area contributed by atoms with E-state index in [1.54, 1.807) is 30.3 Å². The van der Waals surface area contributed by atoms with Gasteiger partial charge in [-0.25, -0.2) is 8.42 Å². The summed E-state index contributed by atoms with van der Waals surface area (Å²) < 4.78 is 36.9. The van der Waals surface area contributed by atoms with Crippen molar-refractivity contribution in [1.29, 1.82) is 0 Å². The van der Waals surface area contributed by atoms with Crippen molar-refractivity contribution < 1.29 is 22.5 Å². The minimum atomic E-state index is -3.48. The Hall–Kier alpha value is -2.97. The third kappa shape index (κ3) is 5.80.